The number of fused-ring (bicyclic) bond motifs is 1. The Bertz CT molecular complexity index is 1270. The summed E-state index contributed by atoms with van der Waals surface area (Å²) in [7, 11) is 0. The van der Waals surface area contributed by atoms with Gasteiger partial charge in [-0.2, -0.15) is 0 Å². The van der Waals surface area contributed by atoms with Gasteiger partial charge in [-0.05, 0) is 41.3 Å². The molecule has 0 aliphatic carbocycles. The lowest BCUT2D eigenvalue weighted by molar-refractivity contribution is 1.03. The number of benzene rings is 4. The van der Waals surface area contributed by atoms with Crippen LogP contribution in [0.1, 0.15) is 12.5 Å². The molecule has 0 saturated heterocycles. The van der Waals surface area contributed by atoms with Crippen LogP contribution in [-0.2, 0) is 6.42 Å². The SMILES string of the molecule is CCc1ccccc1-n1c(-c2ccccc2)nc2cc(-c3ccccc3)ccc21. The highest BCUT2D eigenvalue weighted by Crippen LogP contribution is 2.32. The molecule has 0 fully saturated rings. The van der Waals surface area contributed by atoms with Crippen molar-refractivity contribution in [1.82, 2.24) is 9.55 Å². The fourth-order valence-corrected chi connectivity index (χ4v) is 3.94. The summed E-state index contributed by atoms with van der Waals surface area (Å²) in [6, 6.07) is 36.1. The van der Waals surface area contributed by atoms with Crippen LogP contribution in [0.2, 0.25) is 0 Å². The van der Waals surface area contributed by atoms with E-state index in [1.807, 2.05) is 12.1 Å². The van der Waals surface area contributed by atoms with Crippen LogP contribution in [0.15, 0.2) is 103 Å². The average molecular weight is 374 g/mol. The fourth-order valence-electron chi connectivity index (χ4n) is 3.94. The molecule has 0 bridgehead atoms. The first-order valence-corrected chi connectivity index (χ1v) is 10.1. The first-order chi connectivity index (χ1) is 14.3. The minimum atomic E-state index is 0.978. The molecule has 5 aromatic rings. The molecule has 0 unspecified atom stereocenters. The van der Waals surface area contributed by atoms with E-state index in [2.05, 4.69) is 102 Å². The first-order valence-electron chi connectivity index (χ1n) is 10.1. The summed E-state index contributed by atoms with van der Waals surface area (Å²) in [5, 5.41) is 0. The topological polar surface area (TPSA) is 17.8 Å². The Kier molecular flexibility index (Phi) is 4.45. The van der Waals surface area contributed by atoms with Crippen LogP contribution < -0.4 is 0 Å². The highest BCUT2D eigenvalue weighted by atomic mass is 15.1. The van der Waals surface area contributed by atoms with Gasteiger partial charge in [0.15, 0.2) is 0 Å². The third kappa shape index (κ3) is 3.13. The van der Waals surface area contributed by atoms with E-state index >= 15 is 0 Å². The van der Waals surface area contributed by atoms with Gasteiger partial charge in [-0.1, -0.05) is 91.9 Å². The Morgan fingerprint density at radius 1 is 0.655 bits per heavy atom. The van der Waals surface area contributed by atoms with Crippen molar-refractivity contribution in [2.75, 3.05) is 0 Å². The van der Waals surface area contributed by atoms with Crippen molar-refractivity contribution in [2.45, 2.75) is 13.3 Å². The van der Waals surface area contributed by atoms with Crippen molar-refractivity contribution in [2.24, 2.45) is 0 Å². The van der Waals surface area contributed by atoms with Crippen LogP contribution in [0.5, 0.6) is 0 Å². The van der Waals surface area contributed by atoms with Crippen LogP contribution in [0, 0.1) is 0 Å². The number of rotatable bonds is 4. The highest BCUT2D eigenvalue weighted by Gasteiger charge is 2.16. The smallest absolute Gasteiger partial charge is 0.145 e. The average Bonchev–Trinajstić information content (AvgIpc) is 3.19. The third-order valence-corrected chi connectivity index (χ3v) is 5.41. The molecule has 0 saturated carbocycles. The monoisotopic (exact) mass is 374 g/mol. The van der Waals surface area contributed by atoms with Gasteiger partial charge < -0.3 is 0 Å². The first kappa shape index (κ1) is 17.4. The number of imidazole rings is 1. The van der Waals surface area contributed by atoms with Crippen LogP contribution in [-0.4, -0.2) is 9.55 Å². The number of aromatic nitrogens is 2. The summed E-state index contributed by atoms with van der Waals surface area (Å²) < 4.78 is 2.30. The van der Waals surface area contributed by atoms with E-state index in [1.54, 1.807) is 0 Å². The standard InChI is InChI=1S/C27H22N2/c1-2-20-11-9-10-16-25(20)29-26-18-17-23(21-12-5-3-6-13-21)19-24(26)28-27(29)22-14-7-4-8-15-22/h3-19H,2H2,1H3. The maximum atomic E-state index is 5.08. The Morgan fingerprint density at radius 2 is 1.31 bits per heavy atom. The maximum Gasteiger partial charge on any atom is 0.145 e. The van der Waals surface area contributed by atoms with Crippen LogP contribution >= 0.6 is 0 Å². The molecule has 0 amide bonds. The summed E-state index contributed by atoms with van der Waals surface area (Å²) in [6.07, 6.45) is 0.978. The van der Waals surface area contributed by atoms with E-state index in [4.69, 9.17) is 4.98 Å². The lowest BCUT2D eigenvalue weighted by Crippen LogP contribution is -2.01. The number of nitrogens with zero attached hydrogens (tertiary/aromatic N) is 2. The molecule has 2 nitrogen and oxygen atoms in total. The summed E-state index contributed by atoms with van der Waals surface area (Å²) in [5.74, 6) is 0.978. The van der Waals surface area contributed by atoms with Crippen molar-refractivity contribution in [1.29, 1.82) is 0 Å². The summed E-state index contributed by atoms with van der Waals surface area (Å²) in [6.45, 7) is 2.20. The van der Waals surface area contributed by atoms with Crippen molar-refractivity contribution >= 4 is 11.0 Å². The molecule has 2 heteroatoms. The molecule has 1 heterocycles. The number of hydrogen-bond donors (Lipinski definition) is 0. The lowest BCUT2D eigenvalue weighted by atomic mass is 10.1. The predicted molar refractivity (Wildman–Crippen MR) is 121 cm³/mol. The summed E-state index contributed by atoms with van der Waals surface area (Å²) in [5.41, 5.74) is 8.17. The van der Waals surface area contributed by atoms with Crippen LogP contribution in [0.3, 0.4) is 0 Å². The predicted octanol–water partition coefficient (Wildman–Crippen LogP) is 6.92. The molecule has 0 aliphatic rings. The lowest BCUT2D eigenvalue weighted by Gasteiger charge is -2.13. The van der Waals surface area contributed by atoms with Gasteiger partial charge in [0.25, 0.3) is 0 Å². The minimum Gasteiger partial charge on any atom is -0.292 e. The summed E-state index contributed by atoms with van der Waals surface area (Å²) in [4.78, 5) is 5.08. The van der Waals surface area contributed by atoms with Crippen LogP contribution in [0.4, 0.5) is 0 Å². The Hall–Kier alpha value is -3.65. The molecule has 4 aromatic carbocycles. The quantitative estimate of drug-likeness (QED) is 0.334. The van der Waals surface area contributed by atoms with Gasteiger partial charge in [-0.15, -0.1) is 0 Å². The zero-order chi connectivity index (χ0) is 19.6. The van der Waals surface area contributed by atoms with Gasteiger partial charge in [-0.25, -0.2) is 4.98 Å². The van der Waals surface area contributed by atoms with Gasteiger partial charge in [-0.3, -0.25) is 4.57 Å². The molecule has 140 valence electrons. The van der Waals surface area contributed by atoms with Gasteiger partial charge >= 0.3 is 0 Å². The molecule has 0 atom stereocenters. The second-order valence-electron chi connectivity index (χ2n) is 7.19. The third-order valence-electron chi connectivity index (χ3n) is 5.41. The zero-order valence-corrected chi connectivity index (χ0v) is 16.4. The Morgan fingerprint density at radius 3 is 2.03 bits per heavy atom. The van der Waals surface area contributed by atoms with Crippen molar-refractivity contribution in [3.63, 3.8) is 0 Å². The van der Waals surface area contributed by atoms with E-state index in [0.717, 1.165) is 28.8 Å². The number of para-hydroxylation sites is 1. The molecular weight excluding hydrogens is 352 g/mol. The van der Waals surface area contributed by atoms with Gasteiger partial charge in [0.2, 0.25) is 0 Å². The van der Waals surface area contributed by atoms with Gasteiger partial charge in [0.05, 0.1) is 16.7 Å². The molecule has 0 radical (unpaired) electrons. The Labute approximate surface area is 171 Å². The number of hydrogen-bond acceptors (Lipinski definition) is 1. The normalized spacial score (nSPS) is 11.1. The Balaban J connectivity index is 1.79. The van der Waals surface area contributed by atoms with E-state index in [-0.39, 0.29) is 0 Å². The summed E-state index contributed by atoms with van der Waals surface area (Å²) >= 11 is 0. The maximum absolute atomic E-state index is 5.08. The highest BCUT2D eigenvalue weighted by molar-refractivity contribution is 5.87. The molecule has 29 heavy (non-hydrogen) atoms. The zero-order valence-electron chi connectivity index (χ0n) is 16.4. The van der Waals surface area contributed by atoms with E-state index in [1.165, 1.54) is 22.4 Å². The second kappa shape index (κ2) is 7.40. The fraction of sp³-hybridized carbons (Fsp3) is 0.0741. The van der Waals surface area contributed by atoms with Gasteiger partial charge in [0.1, 0.15) is 5.82 Å². The van der Waals surface area contributed by atoms with Crippen LogP contribution in [0.25, 0.3) is 39.2 Å². The minimum absolute atomic E-state index is 0.978. The molecule has 1 aromatic heterocycles. The van der Waals surface area contributed by atoms with E-state index < -0.39 is 0 Å². The molecule has 0 spiro atoms. The van der Waals surface area contributed by atoms with E-state index in [0.29, 0.717) is 0 Å². The molecular formula is C27H22N2. The van der Waals surface area contributed by atoms with E-state index in [9.17, 15) is 0 Å². The van der Waals surface area contributed by atoms with Crippen molar-refractivity contribution in [3.8, 4) is 28.2 Å². The largest absolute Gasteiger partial charge is 0.292 e. The van der Waals surface area contributed by atoms with Gasteiger partial charge in [0, 0.05) is 5.56 Å². The molecule has 5 rings (SSSR count). The van der Waals surface area contributed by atoms with Crippen molar-refractivity contribution in [3.05, 3.63) is 109 Å². The number of aryl methyl sites for hydroxylation is 1. The van der Waals surface area contributed by atoms with Crippen molar-refractivity contribution < 1.29 is 0 Å². The second-order valence-corrected chi connectivity index (χ2v) is 7.19. The molecule has 0 N–H and O–H groups in total. The molecule has 0 aliphatic heterocycles.